The number of halogens is 3. The first-order valence-corrected chi connectivity index (χ1v) is 7.85. The van der Waals surface area contributed by atoms with Gasteiger partial charge >= 0.3 is 11.9 Å². The molecule has 0 amide bonds. The highest BCUT2D eigenvalue weighted by molar-refractivity contribution is 5.90. The van der Waals surface area contributed by atoms with Crippen molar-refractivity contribution in [3.05, 3.63) is 64.1 Å². The van der Waals surface area contributed by atoms with Gasteiger partial charge in [-0.2, -0.15) is 18.2 Å². The molecule has 4 rings (SSSR count). The van der Waals surface area contributed by atoms with Crippen molar-refractivity contribution in [3.8, 4) is 5.69 Å². The normalized spacial score (nSPS) is 14.8. The van der Waals surface area contributed by atoms with Gasteiger partial charge in [-0.15, -0.1) is 0 Å². The number of anilines is 1. The maximum atomic E-state index is 13.4. The van der Waals surface area contributed by atoms with E-state index < -0.39 is 17.4 Å². The Bertz CT molecular complexity index is 1040. The van der Waals surface area contributed by atoms with Crippen molar-refractivity contribution in [1.82, 2.24) is 9.55 Å². The number of hydrogen-bond donors (Lipinski definition) is 1. The van der Waals surface area contributed by atoms with Gasteiger partial charge in [0.05, 0.1) is 16.8 Å². The zero-order chi connectivity index (χ0) is 17.8. The van der Waals surface area contributed by atoms with Crippen molar-refractivity contribution in [2.24, 2.45) is 0 Å². The summed E-state index contributed by atoms with van der Waals surface area (Å²) in [5.41, 5.74) is 5.21. The molecule has 1 aliphatic carbocycles. The first kappa shape index (κ1) is 15.7. The second-order valence-electron chi connectivity index (χ2n) is 6.18. The van der Waals surface area contributed by atoms with Crippen molar-refractivity contribution < 1.29 is 13.2 Å². The third-order valence-corrected chi connectivity index (χ3v) is 4.45. The van der Waals surface area contributed by atoms with Gasteiger partial charge in [0.2, 0.25) is 0 Å². The Morgan fingerprint density at radius 1 is 1.12 bits per heavy atom. The summed E-state index contributed by atoms with van der Waals surface area (Å²) in [6, 6.07) is 10.3. The molecule has 1 fully saturated rings. The molecular weight excluding hydrogens is 331 g/mol. The van der Waals surface area contributed by atoms with Crippen LogP contribution in [0.2, 0.25) is 0 Å². The fourth-order valence-corrected chi connectivity index (χ4v) is 3.08. The molecule has 2 aromatic carbocycles. The lowest BCUT2D eigenvalue weighted by Gasteiger charge is -2.17. The minimum Gasteiger partial charge on any atom is -0.383 e. The SMILES string of the molecule is Nc1nc(=O)n(-c2ccccc2C(F)(F)F)c2cc(C3CC3)ccc12. The van der Waals surface area contributed by atoms with Crippen LogP contribution < -0.4 is 11.4 Å². The van der Waals surface area contributed by atoms with E-state index in [2.05, 4.69) is 4.98 Å². The van der Waals surface area contributed by atoms with Crippen LogP contribution in [-0.2, 0) is 6.18 Å². The Kier molecular flexibility index (Phi) is 3.35. The summed E-state index contributed by atoms with van der Waals surface area (Å²) in [5.74, 6) is 0.406. The summed E-state index contributed by atoms with van der Waals surface area (Å²) < 4.78 is 41.2. The second kappa shape index (κ2) is 5.34. The van der Waals surface area contributed by atoms with Crippen LogP contribution in [0.5, 0.6) is 0 Å². The molecule has 3 aromatic rings. The Morgan fingerprint density at radius 3 is 2.52 bits per heavy atom. The molecule has 2 N–H and O–H groups in total. The Balaban J connectivity index is 2.08. The summed E-state index contributed by atoms with van der Waals surface area (Å²) >= 11 is 0. The van der Waals surface area contributed by atoms with E-state index in [9.17, 15) is 18.0 Å². The number of benzene rings is 2. The molecule has 0 bridgehead atoms. The maximum absolute atomic E-state index is 13.4. The van der Waals surface area contributed by atoms with E-state index in [4.69, 9.17) is 5.73 Å². The molecule has 0 saturated heterocycles. The summed E-state index contributed by atoms with van der Waals surface area (Å²) in [6.45, 7) is 0. The molecule has 128 valence electrons. The van der Waals surface area contributed by atoms with E-state index in [1.165, 1.54) is 18.2 Å². The third-order valence-electron chi connectivity index (χ3n) is 4.45. The highest BCUT2D eigenvalue weighted by atomic mass is 19.4. The van der Waals surface area contributed by atoms with Gasteiger partial charge in [-0.05, 0) is 48.6 Å². The van der Waals surface area contributed by atoms with Crippen LogP contribution in [0.3, 0.4) is 0 Å². The molecule has 4 nitrogen and oxygen atoms in total. The van der Waals surface area contributed by atoms with Crippen LogP contribution in [0, 0.1) is 0 Å². The van der Waals surface area contributed by atoms with Crippen LogP contribution >= 0.6 is 0 Å². The first-order chi connectivity index (χ1) is 11.9. The average molecular weight is 345 g/mol. The van der Waals surface area contributed by atoms with Gasteiger partial charge in [0.1, 0.15) is 5.82 Å². The van der Waals surface area contributed by atoms with Gasteiger partial charge in [0.15, 0.2) is 0 Å². The lowest BCUT2D eigenvalue weighted by molar-refractivity contribution is -0.137. The summed E-state index contributed by atoms with van der Waals surface area (Å²) in [5, 5.41) is 0.459. The number of para-hydroxylation sites is 1. The molecular formula is C18H14F3N3O. The molecule has 0 spiro atoms. The summed E-state index contributed by atoms with van der Waals surface area (Å²) in [7, 11) is 0. The Labute approximate surface area is 140 Å². The average Bonchev–Trinajstić information content (AvgIpc) is 3.39. The topological polar surface area (TPSA) is 60.9 Å². The maximum Gasteiger partial charge on any atom is 0.418 e. The fraction of sp³-hybridized carbons (Fsp3) is 0.222. The second-order valence-corrected chi connectivity index (χ2v) is 6.18. The third kappa shape index (κ3) is 2.65. The summed E-state index contributed by atoms with van der Waals surface area (Å²) in [6.07, 6.45) is -2.51. The number of nitrogen functional groups attached to an aromatic ring is 1. The van der Waals surface area contributed by atoms with E-state index >= 15 is 0 Å². The fourth-order valence-electron chi connectivity index (χ4n) is 3.08. The van der Waals surface area contributed by atoms with Crippen molar-refractivity contribution in [2.45, 2.75) is 24.9 Å². The number of aromatic nitrogens is 2. The highest BCUT2D eigenvalue weighted by Crippen LogP contribution is 2.41. The predicted molar refractivity (Wildman–Crippen MR) is 88.7 cm³/mol. The molecule has 7 heteroatoms. The first-order valence-electron chi connectivity index (χ1n) is 7.85. The number of nitrogens with two attached hydrogens (primary N) is 1. The van der Waals surface area contributed by atoms with Gasteiger partial charge in [-0.3, -0.25) is 4.57 Å². The van der Waals surface area contributed by atoms with Crippen LogP contribution in [0.25, 0.3) is 16.6 Å². The quantitative estimate of drug-likeness (QED) is 0.767. The number of fused-ring (bicyclic) bond motifs is 1. The standard InChI is InChI=1S/C18H14F3N3O/c19-18(20,21)13-3-1-2-4-14(13)24-15-9-11(10-5-6-10)7-8-12(15)16(22)23-17(24)25/h1-4,7-10H,5-6H2,(H2,22,23,25). The molecule has 25 heavy (non-hydrogen) atoms. The van der Waals surface area contributed by atoms with E-state index in [1.54, 1.807) is 12.1 Å². The smallest absolute Gasteiger partial charge is 0.383 e. The summed E-state index contributed by atoms with van der Waals surface area (Å²) in [4.78, 5) is 16.1. The van der Waals surface area contributed by atoms with Gasteiger partial charge < -0.3 is 5.73 Å². The van der Waals surface area contributed by atoms with Gasteiger partial charge in [0.25, 0.3) is 0 Å². The van der Waals surface area contributed by atoms with Crippen LogP contribution in [0.4, 0.5) is 19.0 Å². The molecule has 0 radical (unpaired) electrons. The van der Waals surface area contributed by atoms with E-state index in [0.717, 1.165) is 29.0 Å². The van der Waals surface area contributed by atoms with E-state index in [-0.39, 0.29) is 11.5 Å². The zero-order valence-corrected chi connectivity index (χ0v) is 13.0. The lowest BCUT2D eigenvalue weighted by atomic mass is 10.1. The van der Waals surface area contributed by atoms with Crippen molar-refractivity contribution >= 4 is 16.7 Å². The molecule has 1 heterocycles. The Hall–Kier alpha value is -2.83. The number of alkyl halides is 3. The molecule has 0 unspecified atom stereocenters. The predicted octanol–water partition coefficient (Wildman–Crippen LogP) is 3.86. The molecule has 1 aromatic heterocycles. The van der Waals surface area contributed by atoms with E-state index in [0.29, 0.717) is 16.8 Å². The highest BCUT2D eigenvalue weighted by Gasteiger charge is 2.34. The van der Waals surface area contributed by atoms with Gasteiger partial charge in [-0.25, -0.2) is 4.79 Å². The monoisotopic (exact) mass is 345 g/mol. The van der Waals surface area contributed by atoms with Crippen molar-refractivity contribution in [1.29, 1.82) is 0 Å². The van der Waals surface area contributed by atoms with Crippen LogP contribution in [-0.4, -0.2) is 9.55 Å². The number of rotatable bonds is 2. The molecule has 0 aliphatic heterocycles. The van der Waals surface area contributed by atoms with Crippen LogP contribution in [0.15, 0.2) is 47.3 Å². The van der Waals surface area contributed by atoms with Crippen molar-refractivity contribution in [2.75, 3.05) is 5.73 Å². The molecule has 1 aliphatic rings. The van der Waals surface area contributed by atoms with Crippen LogP contribution in [0.1, 0.15) is 29.9 Å². The lowest BCUT2D eigenvalue weighted by Crippen LogP contribution is -2.25. The largest absolute Gasteiger partial charge is 0.418 e. The zero-order valence-electron chi connectivity index (χ0n) is 13.0. The van der Waals surface area contributed by atoms with Gasteiger partial charge in [0, 0.05) is 5.39 Å². The Morgan fingerprint density at radius 2 is 1.84 bits per heavy atom. The van der Waals surface area contributed by atoms with Crippen molar-refractivity contribution in [3.63, 3.8) is 0 Å². The van der Waals surface area contributed by atoms with E-state index in [1.807, 2.05) is 6.07 Å². The minimum atomic E-state index is -4.59. The molecule has 0 atom stereocenters. The number of nitrogens with zero attached hydrogens (tertiary/aromatic N) is 2. The molecule has 1 saturated carbocycles. The number of hydrogen-bond acceptors (Lipinski definition) is 3. The minimum absolute atomic E-state index is 0.0167. The van der Waals surface area contributed by atoms with Gasteiger partial charge in [-0.1, -0.05) is 18.2 Å².